The minimum atomic E-state index is -4.50. The van der Waals surface area contributed by atoms with Gasteiger partial charge < -0.3 is 30.7 Å². The van der Waals surface area contributed by atoms with Crippen LogP contribution in [0.15, 0.2) is 72.8 Å². The molecule has 14 heteroatoms. The van der Waals surface area contributed by atoms with E-state index in [9.17, 15) is 41.4 Å². The van der Waals surface area contributed by atoms with Gasteiger partial charge in [-0.05, 0) is 79.0 Å². The highest BCUT2D eigenvalue weighted by Gasteiger charge is 2.53. The molecular formula is C41H49F5N4O5. The predicted molar refractivity (Wildman–Crippen MR) is 195 cm³/mol. The molecule has 0 bridgehead atoms. The molecule has 2 aliphatic heterocycles. The maximum atomic E-state index is 14.5. The highest BCUT2D eigenvalue weighted by Crippen LogP contribution is 2.35. The lowest BCUT2D eigenvalue weighted by Gasteiger charge is -2.36. The molecule has 0 aromatic heterocycles. The van der Waals surface area contributed by atoms with E-state index in [0.29, 0.717) is 18.4 Å². The Balaban J connectivity index is 1.37. The van der Waals surface area contributed by atoms with Crippen LogP contribution in [0, 0.1) is 17.6 Å². The summed E-state index contributed by atoms with van der Waals surface area (Å²) in [6.45, 7) is 5.48. The molecule has 2 heterocycles. The second-order valence-corrected chi connectivity index (χ2v) is 14.7. The Bertz CT molecular complexity index is 1780. The monoisotopic (exact) mass is 772 g/mol. The number of amides is 3. The van der Waals surface area contributed by atoms with Crippen molar-refractivity contribution in [3.8, 4) is 0 Å². The van der Waals surface area contributed by atoms with Gasteiger partial charge in [0.1, 0.15) is 23.2 Å². The third kappa shape index (κ3) is 10.5. The van der Waals surface area contributed by atoms with Gasteiger partial charge in [-0.3, -0.25) is 14.4 Å². The van der Waals surface area contributed by atoms with Crippen molar-refractivity contribution in [2.24, 2.45) is 5.92 Å². The number of ether oxygens (including phenoxy) is 1. The largest absolute Gasteiger partial charge is 0.416 e. The molecule has 3 amide bonds. The van der Waals surface area contributed by atoms with Crippen molar-refractivity contribution in [1.29, 1.82) is 0 Å². The number of rotatable bonds is 16. The fourth-order valence-corrected chi connectivity index (χ4v) is 7.76. The van der Waals surface area contributed by atoms with Crippen molar-refractivity contribution in [1.82, 2.24) is 20.9 Å². The summed E-state index contributed by atoms with van der Waals surface area (Å²) in [5.74, 6) is -3.23. The zero-order chi connectivity index (χ0) is 39.9. The van der Waals surface area contributed by atoms with E-state index < -0.39 is 65.2 Å². The highest BCUT2D eigenvalue weighted by molar-refractivity contribution is 5.96. The van der Waals surface area contributed by atoms with Crippen LogP contribution in [0.3, 0.4) is 0 Å². The van der Waals surface area contributed by atoms with Gasteiger partial charge >= 0.3 is 6.18 Å². The van der Waals surface area contributed by atoms with Crippen LogP contribution in [0.25, 0.3) is 0 Å². The zero-order valence-electron chi connectivity index (χ0n) is 31.2. The van der Waals surface area contributed by atoms with Crippen molar-refractivity contribution < 1.29 is 46.2 Å². The first-order chi connectivity index (χ1) is 26.1. The number of benzene rings is 3. The van der Waals surface area contributed by atoms with Gasteiger partial charge in [-0.2, -0.15) is 13.2 Å². The summed E-state index contributed by atoms with van der Waals surface area (Å²) < 4.78 is 74.3. The maximum Gasteiger partial charge on any atom is 0.416 e. The van der Waals surface area contributed by atoms with Gasteiger partial charge in [-0.15, -0.1) is 0 Å². The molecule has 4 N–H and O–H groups in total. The summed E-state index contributed by atoms with van der Waals surface area (Å²) in [4.78, 5) is 42.6. The molecule has 2 aliphatic rings. The van der Waals surface area contributed by atoms with E-state index in [1.54, 1.807) is 0 Å². The van der Waals surface area contributed by atoms with Crippen molar-refractivity contribution in [2.75, 3.05) is 13.1 Å². The molecule has 9 nitrogen and oxygen atoms in total. The van der Waals surface area contributed by atoms with Crippen LogP contribution in [0.4, 0.5) is 22.0 Å². The Morgan fingerprint density at radius 1 is 1.02 bits per heavy atom. The van der Waals surface area contributed by atoms with Gasteiger partial charge in [0, 0.05) is 32.1 Å². The van der Waals surface area contributed by atoms with Gasteiger partial charge in [0.25, 0.3) is 0 Å². The molecule has 3 aromatic rings. The number of aliphatic hydroxyl groups is 1. The lowest BCUT2D eigenvalue weighted by Crippen LogP contribution is -2.61. The van der Waals surface area contributed by atoms with Crippen LogP contribution < -0.4 is 16.0 Å². The first-order valence-corrected chi connectivity index (χ1v) is 18.7. The smallest absolute Gasteiger partial charge is 0.389 e. The second-order valence-electron chi connectivity index (χ2n) is 14.7. The molecule has 0 radical (unpaired) electrons. The Kier molecular flexibility index (Phi) is 13.7. The van der Waals surface area contributed by atoms with E-state index in [2.05, 4.69) is 16.0 Å². The van der Waals surface area contributed by atoms with E-state index in [4.69, 9.17) is 4.74 Å². The number of nitrogens with zero attached hydrogens (tertiary/aromatic N) is 1. The van der Waals surface area contributed by atoms with E-state index >= 15 is 0 Å². The number of hydrogen-bond acceptors (Lipinski definition) is 6. The molecule has 0 aliphatic carbocycles. The van der Waals surface area contributed by atoms with Gasteiger partial charge in [0.2, 0.25) is 17.7 Å². The topological polar surface area (TPSA) is 120 Å². The lowest BCUT2D eigenvalue weighted by atomic mass is 9.81. The molecular weight excluding hydrogens is 723 g/mol. The van der Waals surface area contributed by atoms with E-state index in [1.807, 2.05) is 44.2 Å². The summed E-state index contributed by atoms with van der Waals surface area (Å²) in [6.07, 6.45) is -4.75. The number of alkyl halides is 3. The van der Waals surface area contributed by atoms with Gasteiger partial charge in [0.05, 0.1) is 30.4 Å². The Morgan fingerprint density at radius 2 is 1.71 bits per heavy atom. The molecule has 2 fully saturated rings. The van der Waals surface area contributed by atoms with Crippen LogP contribution in [-0.2, 0) is 44.7 Å². The van der Waals surface area contributed by atoms with Crippen LogP contribution in [0.1, 0.15) is 68.7 Å². The molecule has 2 saturated heterocycles. The van der Waals surface area contributed by atoms with Crippen LogP contribution >= 0.6 is 0 Å². The lowest BCUT2D eigenvalue weighted by molar-refractivity contribution is -0.144. The Hall–Kier alpha value is -4.40. The summed E-state index contributed by atoms with van der Waals surface area (Å²) >= 11 is 0. The fourth-order valence-electron chi connectivity index (χ4n) is 7.76. The SMILES string of the molecule is CC[C@@H](C)[C@@]1(NC(C)=O)CCN([C@@H](CCc2ccccc2)C(=O)N[C@@H](Cc2cc(F)cc(F)c2)[C@@H](O)[C@H]2C[C@@H](OCc3cccc(C(F)(F)F)c3)CN2)C1=O. The number of carbonyl (C=O) groups excluding carboxylic acids is 3. The Morgan fingerprint density at radius 3 is 2.36 bits per heavy atom. The summed E-state index contributed by atoms with van der Waals surface area (Å²) in [5.41, 5.74) is -0.569. The standard InChI is InChI=1S/C41H49F5N4O5/c1-4-25(2)40(49-26(3)51)15-16-50(39(40)54)36(14-13-27-9-6-5-7-10-27)38(53)48-35(20-29-18-31(42)21-32(43)19-29)37(52)34-22-33(23-47-34)55-24-28-11-8-12-30(17-28)41(44,45)46/h5-12,17-19,21,25,33-37,47,52H,4,13-16,20,22-24H2,1-3H3,(H,48,53)(H,49,51)/t25-,33-,34-,35+,36+,37+,40+/m1/s1. The van der Waals surface area contributed by atoms with Crippen LogP contribution in [-0.4, -0.2) is 76.7 Å². The number of halogens is 5. The fraction of sp³-hybridized carbons (Fsp3) is 0.488. The molecule has 3 aromatic carbocycles. The van der Waals surface area contributed by atoms with E-state index in [-0.39, 0.29) is 68.7 Å². The summed E-state index contributed by atoms with van der Waals surface area (Å²) in [6, 6.07) is 14.4. The maximum absolute atomic E-state index is 14.5. The molecule has 0 saturated carbocycles. The molecule has 5 rings (SSSR count). The molecule has 298 valence electrons. The van der Waals surface area contributed by atoms with Crippen LogP contribution in [0.5, 0.6) is 0 Å². The number of likely N-dealkylation sites (tertiary alicyclic amines) is 1. The van der Waals surface area contributed by atoms with E-state index in [0.717, 1.165) is 35.9 Å². The van der Waals surface area contributed by atoms with Gasteiger partial charge in [-0.25, -0.2) is 8.78 Å². The first kappa shape index (κ1) is 41.8. The van der Waals surface area contributed by atoms with Crippen molar-refractivity contribution in [2.45, 2.75) is 108 Å². The third-order valence-corrected chi connectivity index (χ3v) is 10.9. The number of aliphatic hydroxyl groups excluding tert-OH is 1. The molecule has 0 spiro atoms. The molecule has 7 atom stereocenters. The van der Waals surface area contributed by atoms with Crippen molar-refractivity contribution in [3.05, 3.63) is 107 Å². The summed E-state index contributed by atoms with van der Waals surface area (Å²) in [5, 5.41) is 20.8. The molecule has 0 unspecified atom stereocenters. The van der Waals surface area contributed by atoms with E-state index in [1.165, 1.54) is 24.0 Å². The second kappa shape index (κ2) is 18.0. The number of aryl methyl sites for hydroxylation is 1. The average molecular weight is 773 g/mol. The number of hydrogen-bond donors (Lipinski definition) is 4. The predicted octanol–water partition coefficient (Wildman–Crippen LogP) is 5.47. The van der Waals surface area contributed by atoms with Crippen molar-refractivity contribution in [3.63, 3.8) is 0 Å². The van der Waals surface area contributed by atoms with Gasteiger partial charge in [0.15, 0.2) is 0 Å². The highest BCUT2D eigenvalue weighted by atomic mass is 19.4. The zero-order valence-corrected chi connectivity index (χ0v) is 31.2. The quantitative estimate of drug-likeness (QED) is 0.144. The van der Waals surface area contributed by atoms with Crippen LogP contribution in [0.2, 0.25) is 0 Å². The molecule has 55 heavy (non-hydrogen) atoms. The average Bonchev–Trinajstić information content (AvgIpc) is 3.74. The Labute approximate surface area is 318 Å². The van der Waals surface area contributed by atoms with Crippen molar-refractivity contribution >= 4 is 17.7 Å². The minimum Gasteiger partial charge on any atom is -0.389 e. The minimum absolute atomic E-state index is 0.106. The summed E-state index contributed by atoms with van der Waals surface area (Å²) in [7, 11) is 0. The van der Waals surface area contributed by atoms with Gasteiger partial charge in [-0.1, -0.05) is 62.7 Å². The number of carbonyl (C=O) groups is 3. The number of nitrogens with one attached hydrogen (secondary N) is 3. The third-order valence-electron chi connectivity index (χ3n) is 10.9. The first-order valence-electron chi connectivity index (χ1n) is 18.7. The normalized spacial score (nSPS) is 22.3.